The zero-order chi connectivity index (χ0) is 10.0. The molecule has 0 radical (unpaired) electrons. The molecule has 1 heterocycles. The van der Waals surface area contributed by atoms with Crippen LogP contribution in [0.2, 0.25) is 0 Å². The van der Waals surface area contributed by atoms with Crippen molar-refractivity contribution in [1.82, 2.24) is 15.1 Å². The van der Waals surface area contributed by atoms with E-state index in [1.165, 1.54) is 4.68 Å². The van der Waals surface area contributed by atoms with Gasteiger partial charge in [-0.05, 0) is 23.0 Å². The number of carbonyl (C=O) groups excluding carboxylic acids is 1. The summed E-state index contributed by atoms with van der Waals surface area (Å²) in [5.74, 6) is -0.482. The zero-order valence-corrected chi connectivity index (χ0v) is 9.05. The molecule has 0 aliphatic rings. The predicted molar refractivity (Wildman–Crippen MR) is 52.2 cm³/mol. The van der Waals surface area contributed by atoms with E-state index in [-0.39, 0.29) is 0 Å². The first-order valence-corrected chi connectivity index (χ1v) is 4.53. The van der Waals surface area contributed by atoms with Crippen LogP contribution in [0.5, 0.6) is 0 Å². The lowest BCUT2D eigenvalue weighted by Crippen LogP contribution is -2.16. The molecular weight excluding hydrogens is 236 g/mol. The van der Waals surface area contributed by atoms with Gasteiger partial charge in [0.25, 0.3) is 5.91 Å². The summed E-state index contributed by atoms with van der Waals surface area (Å²) in [6, 6.07) is 0. The van der Waals surface area contributed by atoms with Gasteiger partial charge in [-0.3, -0.25) is 9.48 Å². The Bertz CT molecular complexity index is 333. The predicted octanol–water partition coefficient (Wildman–Crippen LogP) is 0.000900. The Morgan fingerprint density at radius 1 is 1.77 bits per heavy atom. The fraction of sp³-hybridized carbons (Fsp3) is 0.429. The SMILES string of the molecule is CNCc1nn(C)c(C(N)=O)c1Br. The molecule has 0 atom stereocenters. The van der Waals surface area contributed by atoms with Crippen molar-refractivity contribution in [3.63, 3.8) is 0 Å². The number of hydrogen-bond donors (Lipinski definition) is 2. The number of nitrogens with zero attached hydrogens (tertiary/aromatic N) is 2. The minimum absolute atomic E-state index is 0.394. The molecule has 0 bridgehead atoms. The van der Waals surface area contributed by atoms with E-state index in [0.717, 1.165) is 5.69 Å². The Morgan fingerprint density at radius 3 is 2.77 bits per heavy atom. The Morgan fingerprint density at radius 2 is 2.38 bits per heavy atom. The van der Waals surface area contributed by atoms with Crippen molar-refractivity contribution < 1.29 is 4.79 Å². The third kappa shape index (κ3) is 1.89. The number of nitrogens with one attached hydrogen (secondary N) is 1. The first-order valence-electron chi connectivity index (χ1n) is 3.73. The molecule has 72 valence electrons. The second kappa shape index (κ2) is 3.89. The summed E-state index contributed by atoms with van der Waals surface area (Å²) in [6.07, 6.45) is 0. The van der Waals surface area contributed by atoms with Gasteiger partial charge in [-0.2, -0.15) is 5.10 Å². The second-order valence-electron chi connectivity index (χ2n) is 2.63. The van der Waals surface area contributed by atoms with Gasteiger partial charge in [0.15, 0.2) is 0 Å². The van der Waals surface area contributed by atoms with E-state index < -0.39 is 5.91 Å². The molecule has 1 amide bonds. The maximum absolute atomic E-state index is 11.0. The molecule has 3 N–H and O–H groups in total. The fourth-order valence-corrected chi connectivity index (χ4v) is 1.77. The van der Waals surface area contributed by atoms with Crippen molar-refractivity contribution in [1.29, 1.82) is 0 Å². The number of nitrogens with two attached hydrogens (primary N) is 1. The fourth-order valence-electron chi connectivity index (χ4n) is 1.10. The van der Waals surface area contributed by atoms with Crippen molar-refractivity contribution in [3.8, 4) is 0 Å². The van der Waals surface area contributed by atoms with Crippen LogP contribution in [-0.2, 0) is 13.6 Å². The molecule has 5 nitrogen and oxygen atoms in total. The van der Waals surface area contributed by atoms with Crippen molar-refractivity contribution in [2.24, 2.45) is 12.8 Å². The van der Waals surface area contributed by atoms with Gasteiger partial charge in [-0.15, -0.1) is 0 Å². The van der Waals surface area contributed by atoms with Gasteiger partial charge in [0.2, 0.25) is 0 Å². The molecule has 0 saturated carbocycles. The van der Waals surface area contributed by atoms with E-state index in [1.807, 2.05) is 7.05 Å². The van der Waals surface area contributed by atoms with E-state index in [1.54, 1.807) is 7.05 Å². The monoisotopic (exact) mass is 246 g/mol. The molecule has 0 saturated heterocycles. The summed E-state index contributed by atoms with van der Waals surface area (Å²) in [7, 11) is 3.50. The van der Waals surface area contributed by atoms with Crippen LogP contribution in [0.4, 0.5) is 0 Å². The summed E-state index contributed by atoms with van der Waals surface area (Å²) < 4.78 is 2.14. The molecule has 0 unspecified atom stereocenters. The van der Waals surface area contributed by atoms with E-state index >= 15 is 0 Å². The summed E-state index contributed by atoms with van der Waals surface area (Å²) in [5.41, 5.74) is 6.35. The molecule has 1 rings (SSSR count). The lowest BCUT2D eigenvalue weighted by atomic mass is 10.3. The second-order valence-corrected chi connectivity index (χ2v) is 3.42. The number of aromatic nitrogens is 2. The molecule has 1 aromatic rings. The summed E-state index contributed by atoms with van der Waals surface area (Å²) in [4.78, 5) is 11.0. The van der Waals surface area contributed by atoms with E-state index in [2.05, 4.69) is 26.3 Å². The molecule has 0 aliphatic carbocycles. The number of rotatable bonds is 3. The van der Waals surface area contributed by atoms with Crippen molar-refractivity contribution in [2.45, 2.75) is 6.54 Å². The van der Waals surface area contributed by atoms with Crippen LogP contribution in [0.1, 0.15) is 16.2 Å². The van der Waals surface area contributed by atoms with Crippen molar-refractivity contribution in [2.75, 3.05) is 7.05 Å². The first-order chi connectivity index (χ1) is 6.07. The van der Waals surface area contributed by atoms with E-state index in [4.69, 9.17) is 5.73 Å². The Kier molecular flexibility index (Phi) is 3.05. The third-order valence-electron chi connectivity index (χ3n) is 1.63. The molecule has 0 spiro atoms. The average molecular weight is 247 g/mol. The van der Waals surface area contributed by atoms with Crippen LogP contribution in [0, 0.1) is 0 Å². The third-order valence-corrected chi connectivity index (χ3v) is 2.47. The lowest BCUT2D eigenvalue weighted by molar-refractivity contribution is 0.0990. The van der Waals surface area contributed by atoms with Crippen LogP contribution in [-0.4, -0.2) is 22.7 Å². The molecule has 1 aromatic heterocycles. The number of primary amides is 1. The first kappa shape index (κ1) is 10.2. The maximum atomic E-state index is 11.0. The minimum Gasteiger partial charge on any atom is -0.364 e. The van der Waals surface area contributed by atoms with Crippen LogP contribution < -0.4 is 11.1 Å². The Labute approximate surface area is 84.4 Å². The molecular formula is C7H11BrN4O. The van der Waals surface area contributed by atoms with Gasteiger partial charge in [0.1, 0.15) is 5.69 Å². The number of amides is 1. The topological polar surface area (TPSA) is 72.9 Å². The summed E-state index contributed by atoms with van der Waals surface area (Å²) >= 11 is 3.28. The smallest absolute Gasteiger partial charge is 0.268 e. The summed E-state index contributed by atoms with van der Waals surface area (Å²) in [5, 5.41) is 7.07. The number of halogens is 1. The highest BCUT2D eigenvalue weighted by Crippen LogP contribution is 2.20. The average Bonchev–Trinajstić information content (AvgIpc) is 2.28. The number of aryl methyl sites for hydroxylation is 1. The van der Waals surface area contributed by atoms with Crippen LogP contribution in [0.3, 0.4) is 0 Å². The van der Waals surface area contributed by atoms with Gasteiger partial charge < -0.3 is 11.1 Å². The molecule has 0 aromatic carbocycles. The molecule has 6 heteroatoms. The summed E-state index contributed by atoms with van der Waals surface area (Å²) in [6.45, 7) is 0.599. The number of hydrogen-bond acceptors (Lipinski definition) is 3. The standard InChI is InChI=1S/C7H11BrN4O/c1-10-3-4-5(8)6(7(9)13)12(2)11-4/h10H,3H2,1-2H3,(H2,9,13). The normalized spacial score (nSPS) is 10.4. The van der Waals surface area contributed by atoms with Gasteiger partial charge in [-0.25, -0.2) is 0 Å². The Hall–Kier alpha value is -0.880. The zero-order valence-electron chi connectivity index (χ0n) is 7.47. The van der Waals surface area contributed by atoms with Gasteiger partial charge in [-0.1, -0.05) is 0 Å². The highest BCUT2D eigenvalue weighted by atomic mass is 79.9. The molecule has 0 aliphatic heterocycles. The highest BCUT2D eigenvalue weighted by Gasteiger charge is 2.16. The number of carbonyl (C=O) groups is 1. The Balaban J connectivity index is 3.14. The van der Waals surface area contributed by atoms with Gasteiger partial charge >= 0.3 is 0 Å². The largest absolute Gasteiger partial charge is 0.364 e. The highest BCUT2D eigenvalue weighted by molar-refractivity contribution is 9.10. The maximum Gasteiger partial charge on any atom is 0.268 e. The van der Waals surface area contributed by atoms with E-state index in [9.17, 15) is 4.79 Å². The quantitative estimate of drug-likeness (QED) is 0.789. The minimum atomic E-state index is -0.482. The van der Waals surface area contributed by atoms with Crippen molar-refractivity contribution in [3.05, 3.63) is 15.9 Å². The van der Waals surface area contributed by atoms with Crippen LogP contribution in [0.15, 0.2) is 4.47 Å². The van der Waals surface area contributed by atoms with E-state index in [0.29, 0.717) is 16.7 Å². The van der Waals surface area contributed by atoms with Crippen LogP contribution >= 0.6 is 15.9 Å². The molecule has 0 fully saturated rings. The molecule has 13 heavy (non-hydrogen) atoms. The van der Waals surface area contributed by atoms with Crippen molar-refractivity contribution >= 4 is 21.8 Å². The van der Waals surface area contributed by atoms with Gasteiger partial charge in [0, 0.05) is 13.6 Å². The van der Waals surface area contributed by atoms with Gasteiger partial charge in [0.05, 0.1) is 10.2 Å². The van der Waals surface area contributed by atoms with Crippen LogP contribution in [0.25, 0.3) is 0 Å². The lowest BCUT2D eigenvalue weighted by Gasteiger charge is -1.95.